The summed E-state index contributed by atoms with van der Waals surface area (Å²) >= 11 is 1.53. The number of anilines is 1. The molecule has 1 aliphatic rings. The molecule has 0 saturated carbocycles. The van der Waals surface area contributed by atoms with Gasteiger partial charge in [-0.25, -0.2) is 22.5 Å². The van der Waals surface area contributed by atoms with Crippen LogP contribution < -0.4 is 14.4 Å². The zero-order chi connectivity index (χ0) is 17.2. The van der Waals surface area contributed by atoms with Crippen LogP contribution in [0.5, 0.6) is 5.75 Å². The topological polar surface area (TPSA) is 71.5 Å². The van der Waals surface area contributed by atoms with E-state index in [0.29, 0.717) is 0 Å². The van der Waals surface area contributed by atoms with Gasteiger partial charge >= 0.3 is 0 Å². The molecule has 0 aliphatic carbocycles. The fraction of sp³-hybridized carbons (Fsp3) is 0.400. The molecule has 130 valence electrons. The van der Waals surface area contributed by atoms with Crippen molar-refractivity contribution in [2.75, 3.05) is 25.1 Å². The van der Waals surface area contributed by atoms with Crippen molar-refractivity contribution in [1.29, 1.82) is 0 Å². The lowest BCUT2D eigenvalue weighted by molar-refractivity contribution is 0.400. The number of nitrogens with zero attached hydrogens (tertiary/aromatic N) is 2. The molecule has 1 saturated heterocycles. The second-order valence-electron chi connectivity index (χ2n) is 5.45. The van der Waals surface area contributed by atoms with Crippen molar-refractivity contribution in [2.45, 2.75) is 23.8 Å². The predicted octanol–water partition coefficient (Wildman–Crippen LogP) is 2.24. The second-order valence-corrected chi connectivity index (χ2v) is 8.06. The summed E-state index contributed by atoms with van der Waals surface area (Å²) in [5, 5.41) is 2.78. The van der Waals surface area contributed by atoms with E-state index in [4.69, 9.17) is 4.74 Å². The molecule has 2 heterocycles. The van der Waals surface area contributed by atoms with Crippen molar-refractivity contribution in [3.8, 4) is 5.75 Å². The van der Waals surface area contributed by atoms with Gasteiger partial charge in [-0.1, -0.05) is 0 Å². The molecule has 1 N–H and O–H groups in total. The Bertz CT molecular complexity index is 796. The van der Waals surface area contributed by atoms with Crippen LogP contribution in [0.15, 0.2) is 34.7 Å². The number of hydrogen-bond donors (Lipinski definition) is 1. The van der Waals surface area contributed by atoms with E-state index in [-0.39, 0.29) is 23.2 Å². The van der Waals surface area contributed by atoms with Crippen LogP contribution in [-0.2, 0) is 10.0 Å². The lowest BCUT2D eigenvalue weighted by atomic mass is 10.2. The van der Waals surface area contributed by atoms with E-state index in [1.165, 1.54) is 30.6 Å². The Labute approximate surface area is 144 Å². The van der Waals surface area contributed by atoms with Gasteiger partial charge in [0, 0.05) is 30.7 Å². The molecular formula is C15H18FN3O3S2. The average molecular weight is 371 g/mol. The number of ether oxygens (including phenoxy) is 1. The van der Waals surface area contributed by atoms with Crippen LogP contribution in [0.4, 0.5) is 9.52 Å². The van der Waals surface area contributed by atoms with Crippen molar-refractivity contribution in [3.63, 3.8) is 0 Å². The van der Waals surface area contributed by atoms with Gasteiger partial charge in [-0.05, 0) is 31.0 Å². The third-order valence-electron chi connectivity index (χ3n) is 3.97. The van der Waals surface area contributed by atoms with Crippen molar-refractivity contribution in [1.82, 2.24) is 9.71 Å². The largest absolute Gasteiger partial charge is 0.495 e. The maximum Gasteiger partial charge on any atom is 0.244 e. The highest BCUT2D eigenvalue weighted by atomic mass is 32.2. The number of rotatable bonds is 6. The first-order valence-corrected chi connectivity index (χ1v) is 9.87. The fourth-order valence-corrected chi connectivity index (χ4v) is 4.79. The number of aromatic nitrogens is 1. The van der Waals surface area contributed by atoms with Gasteiger partial charge in [0.1, 0.15) is 16.5 Å². The van der Waals surface area contributed by atoms with Gasteiger partial charge in [-0.15, -0.1) is 11.3 Å². The van der Waals surface area contributed by atoms with Crippen molar-refractivity contribution in [2.24, 2.45) is 0 Å². The number of benzene rings is 1. The Balaban J connectivity index is 1.75. The summed E-state index contributed by atoms with van der Waals surface area (Å²) in [6, 6.07) is 3.47. The number of hydrogen-bond acceptors (Lipinski definition) is 6. The molecule has 0 radical (unpaired) electrons. The van der Waals surface area contributed by atoms with E-state index in [1.807, 2.05) is 5.38 Å². The van der Waals surface area contributed by atoms with Crippen LogP contribution >= 0.6 is 11.3 Å². The minimum Gasteiger partial charge on any atom is -0.495 e. The minimum atomic E-state index is -3.86. The van der Waals surface area contributed by atoms with E-state index in [1.54, 1.807) is 6.20 Å². The van der Waals surface area contributed by atoms with E-state index in [2.05, 4.69) is 14.6 Å². The van der Waals surface area contributed by atoms with Crippen LogP contribution in [0.3, 0.4) is 0 Å². The molecule has 3 rings (SSSR count). The van der Waals surface area contributed by atoms with Gasteiger partial charge in [-0.3, -0.25) is 0 Å². The highest BCUT2D eigenvalue weighted by Gasteiger charge is 2.29. The lowest BCUT2D eigenvalue weighted by Crippen LogP contribution is -2.40. The highest BCUT2D eigenvalue weighted by Crippen LogP contribution is 2.28. The van der Waals surface area contributed by atoms with Gasteiger partial charge in [0.15, 0.2) is 5.13 Å². The van der Waals surface area contributed by atoms with Gasteiger partial charge < -0.3 is 9.64 Å². The summed E-state index contributed by atoms with van der Waals surface area (Å²) < 4.78 is 46.1. The number of nitrogens with one attached hydrogen (secondary N) is 1. The first-order valence-electron chi connectivity index (χ1n) is 7.50. The summed E-state index contributed by atoms with van der Waals surface area (Å²) in [5.74, 6) is -0.506. The van der Waals surface area contributed by atoms with Crippen LogP contribution in [0, 0.1) is 5.82 Å². The Morgan fingerprint density at radius 3 is 3.04 bits per heavy atom. The van der Waals surface area contributed by atoms with Crippen molar-refractivity contribution < 1.29 is 17.5 Å². The summed E-state index contributed by atoms with van der Waals surface area (Å²) in [4.78, 5) is 6.20. The van der Waals surface area contributed by atoms with Crippen molar-refractivity contribution >= 4 is 26.5 Å². The first-order chi connectivity index (χ1) is 11.5. The van der Waals surface area contributed by atoms with Crippen LogP contribution in [-0.4, -0.2) is 39.6 Å². The SMILES string of the molecule is COc1ccc(F)cc1S(=O)(=O)NCC1CCCN1c1nccs1. The molecule has 1 unspecified atom stereocenters. The third-order valence-corrected chi connectivity index (χ3v) is 6.22. The predicted molar refractivity (Wildman–Crippen MR) is 90.6 cm³/mol. The Morgan fingerprint density at radius 2 is 2.33 bits per heavy atom. The molecule has 1 aliphatic heterocycles. The maximum absolute atomic E-state index is 13.4. The molecule has 0 bridgehead atoms. The van der Waals surface area contributed by atoms with Gasteiger partial charge in [-0.2, -0.15) is 0 Å². The monoisotopic (exact) mass is 371 g/mol. The second kappa shape index (κ2) is 7.04. The first kappa shape index (κ1) is 17.1. The summed E-state index contributed by atoms with van der Waals surface area (Å²) in [6.07, 6.45) is 3.59. The molecule has 6 nitrogen and oxygen atoms in total. The van der Waals surface area contributed by atoms with E-state index in [0.717, 1.165) is 30.6 Å². The van der Waals surface area contributed by atoms with Crippen LogP contribution in [0.25, 0.3) is 0 Å². The Morgan fingerprint density at radius 1 is 1.50 bits per heavy atom. The lowest BCUT2D eigenvalue weighted by Gasteiger charge is -2.24. The molecule has 0 spiro atoms. The minimum absolute atomic E-state index is 0.0329. The number of methoxy groups -OCH3 is 1. The standard InChI is InChI=1S/C15H18FN3O3S2/c1-22-13-5-4-11(16)9-14(13)24(20,21)18-10-12-3-2-7-19(12)15-17-6-8-23-15/h4-6,8-9,12,18H,2-3,7,10H2,1H3. The number of sulfonamides is 1. The van der Waals surface area contributed by atoms with Crippen LogP contribution in [0.2, 0.25) is 0 Å². The Hall–Kier alpha value is -1.71. The van der Waals surface area contributed by atoms with Gasteiger partial charge in [0.2, 0.25) is 10.0 Å². The zero-order valence-electron chi connectivity index (χ0n) is 13.1. The normalized spacial score (nSPS) is 18.1. The average Bonchev–Trinajstić information content (AvgIpc) is 3.24. The van der Waals surface area contributed by atoms with Crippen molar-refractivity contribution in [3.05, 3.63) is 35.6 Å². The molecule has 0 amide bonds. The summed E-state index contributed by atoms with van der Waals surface area (Å²) in [5.41, 5.74) is 0. The molecule has 1 aromatic carbocycles. The van der Waals surface area contributed by atoms with E-state index in [9.17, 15) is 12.8 Å². The highest BCUT2D eigenvalue weighted by molar-refractivity contribution is 7.89. The maximum atomic E-state index is 13.4. The zero-order valence-corrected chi connectivity index (χ0v) is 14.7. The van der Waals surface area contributed by atoms with Gasteiger partial charge in [0.05, 0.1) is 7.11 Å². The molecule has 24 heavy (non-hydrogen) atoms. The molecule has 9 heteroatoms. The number of halogens is 1. The van der Waals surface area contributed by atoms with E-state index >= 15 is 0 Å². The molecule has 1 aromatic heterocycles. The van der Waals surface area contributed by atoms with Crippen LogP contribution in [0.1, 0.15) is 12.8 Å². The smallest absolute Gasteiger partial charge is 0.244 e. The molecular weight excluding hydrogens is 353 g/mol. The quantitative estimate of drug-likeness (QED) is 0.843. The van der Waals surface area contributed by atoms with E-state index < -0.39 is 15.8 Å². The Kier molecular flexibility index (Phi) is 5.02. The number of thiazole rings is 1. The fourth-order valence-electron chi connectivity index (χ4n) is 2.80. The summed E-state index contributed by atoms with van der Waals surface area (Å²) in [7, 11) is -2.51. The molecule has 1 atom stereocenters. The summed E-state index contributed by atoms with van der Waals surface area (Å²) in [6.45, 7) is 1.09. The van der Waals surface area contributed by atoms with Gasteiger partial charge in [0.25, 0.3) is 0 Å². The molecule has 1 fully saturated rings. The molecule has 2 aromatic rings. The third kappa shape index (κ3) is 3.52.